The second-order valence-corrected chi connectivity index (χ2v) is 4.29. The zero-order valence-corrected chi connectivity index (χ0v) is 11.6. The maximum absolute atomic E-state index is 13.1. The Balaban J connectivity index is 2.44. The van der Waals surface area contributed by atoms with Crippen molar-refractivity contribution in [2.24, 2.45) is 5.73 Å². The van der Waals surface area contributed by atoms with Crippen LogP contribution in [0.1, 0.15) is 22.9 Å². The van der Waals surface area contributed by atoms with E-state index in [0.29, 0.717) is 17.5 Å². The van der Waals surface area contributed by atoms with Gasteiger partial charge in [-0.2, -0.15) is 4.98 Å². The summed E-state index contributed by atoms with van der Waals surface area (Å²) in [6, 6.07) is 3.88. The van der Waals surface area contributed by atoms with E-state index in [9.17, 15) is 4.39 Å². The van der Waals surface area contributed by atoms with E-state index in [2.05, 4.69) is 9.97 Å². The Morgan fingerprint density at radius 1 is 1.25 bits per heavy atom. The first-order valence-corrected chi connectivity index (χ1v) is 6.03. The summed E-state index contributed by atoms with van der Waals surface area (Å²) in [6.07, 6.45) is 1.47. The van der Waals surface area contributed by atoms with Crippen LogP contribution in [0.25, 0.3) is 0 Å². The first kappa shape index (κ1) is 14.2. The fourth-order valence-electron chi connectivity index (χ4n) is 1.96. The number of benzene rings is 1. The Kier molecular flexibility index (Phi) is 4.14. The van der Waals surface area contributed by atoms with Gasteiger partial charge in [-0.3, -0.25) is 0 Å². The molecule has 0 bridgehead atoms. The topological polar surface area (TPSA) is 70.3 Å². The Hall–Kier alpha value is -2.21. The maximum Gasteiger partial charge on any atom is 0.240 e. The summed E-state index contributed by atoms with van der Waals surface area (Å²) in [5, 5.41) is 0. The third-order valence-electron chi connectivity index (χ3n) is 3.01. The van der Waals surface area contributed by atoms with Gasteiger partial charge in [-0.1, -0.05) is 6.07 Å². The summed E-state index contributed by atoms with van der Waals surface area (Å²) in [4.78, 5) is 8.37. The summed E-state index contributed by atoms with van der Waals surface area (Å²) in [6.45, 7) is 1.79. The van der Waals surface area contributed by atoms with Gasteiger partial charge in [-0.25, -0.2) is 9.37 Å². The smallest absolute Gasteiger partial charge is 0.240 e. The average Bonchev–Trinajstić information content (AvgIpc) is 2.46. The molecular formula is C14H16FN3O2. The molecule has 106 valence electrons. The van der Waals surface area contributed by atoms with Gasteiger partial charge in [0.25, 0.3) is 0 Å². The van der Waals surface area contributed by atoms with E-state index in [1.165, 1.54) is 32.5 Å². The summed E-state index contributed by atoms with van der Waals surface area (Å²) in [5.74, 6) is 0.334. The van der Waals surface area contributed by atoms with Crippen LogP contribution < -0.4 is 15.2 Å². The number of hydrogen-bond acceptors (Lipinski definition) is 5. The number of methoxy groups -OCH3 is 2. The molecule has 2 N–H and O–H groups in total. The summed E-state index contributed by atoms with van der Waals surface area (Å²) < 4.78 is 23.3. The van der Waals surface area contributed by atoms with E-state index in [0.717, 1.165) is 11.1 Å². The Morgan fingerprint density at radius 2 is 2.00 bits per heavy atom. The van der Waals surface area contributed by atoms with Crippen molar-refractivity contribution in [1.29, 1.82) is 0 Å². The molecule has 0 fully saturated rings. The monoisotopic (exact) mass is 277 g/mol. The summed E-state index contributed by atoms with van der Waals surface area (Å²) in [5.41, 5.74) is 8.18. The van der Waals surface area contributed by atoms with E-state index in [1.807, 2.05) is 0 Å². The van der Waals surface area contributed by atoms with Crippen LogP contribution in [-0.4, -0.2) is 24.2 Å². The average molecular weight is 277 g/mol. The number of aromatic nitrogens is 2. The molecular weight excluding hydrogens is 261 g/mol. The van der Waals surface area contributed by atoms with Crippen molar-refractivity contribution in [2.45, 2.75) is 13.0 Å². The normalized spacial score (nSPS) is 12.1. The summed E-state index contributed by atoms with van der Waals surface area (Å²) >= 11 is 0. The third-order valence-corrected chi connectivity index (χ3v) is 3.01. The van der Waals surface area contributed by atoms with Gasteiger partial charge in [0.2, 0.25) is 11.8 Å². The molecule has 1 aromatic carbocycles. The standard InChI is InChI=1S/C14H16FN3O2/c1-8-6-9(15)4-5-10(8)12(16)13-14(20-3)18-11(19-2)7-17-13/h4-7,12H,16H2,1-3H3. The van der Waals surface area contributed by atoms with E-state index in [1.54, 1.807) is 13.0 Å². The molecule has 6 heteroatoms. The minimum Gasteiger partial charge on any atom is -0.480 e. The van der Waals surface area contributed by atoms with E-state index in [4.69, 9.17) is 15.2 Å². The van der Waals surface area contributed by atoms with Gasteiger partial charge >= 0.3 is 0 Å². The van der Waals surface area contributed by atoms with Crippen LogP contribution in [0.2, 0.25) is 0 Å². The second-order valence-electron chi connectivity index (χ2n) is 4.29. The molecule has 2 rings (SSSR count). The molecule has 0 saturated heterocycles. The van der Waals surface area contributed by atoms with Gasteiger partial charge < -0.3 is 15.2 Å². The fourth-order valence-corrected chi connectivity index (χ4v) is 1.96. The van der Waals surface area contributed by atoms with Crippen LogP contribution in [0.15, 0.2) is 24.4 Å². The highest BCUT2D eigenvalue weighted by atomic mass is 19.1. The number of ether oxygens (including phenoxy) is 2. The van der Waals surface area contributed by atoms with Crippen molar-refractivity contribution in [2.75, 3.05) is 14.2 Å². The van der Waals surface area contributed by atoms with Crippen molar-refractivity contribution >= 4 is 0 Å². The molecule has 0 aliphatic carbocycles. The molecule has 1 unspecified atom stereocenters. The minimum absolute atomic E-state index is 0.292. The minimum atomic E-state index is -0.552. The number of hydrogen-bond donors (Lipinski definition) is 1. The Labute approximate surface area is 116 Å². The zero-order chi connectivity index (χ0) is 14.7. The third kappa shape index (κ3) is 2.70. The van der Waals surface area contributed by atoms with Gasteiger partial charge in [0, 0.05) is 0 Å². The first-order chi connectivity index (χ1) is 9.56. The van der Waals surface area contributed by atoms with Gasteiger partial charge in [0.05, 0.1) is 26.5 Å². The number of rotatable bonds is 4. The van der Waals surface area contributed by atoms with Gasteiger partial charge in [0.1, 0.15) is 11.5 Å². The Bertz CT molecular complexity index is 619. The van der Waals surface area contributed by atoms with E-state index in [-0.39, 0.29) is 5.82 Å². The molecule has 0 aliphatic rings. The van der Waals surface area contributed by atoms with Crippen molar-refractivity contribution in [1.82, 2.24) is 9.97 Å². The predicted octanol–water partition coefficient (Wildman–Crippen LogP) is 1.99. The van der Waals surface area contributed by atoms with E-state index < -0.39 is 6.04 Å². The lowest BCUT2D eigenvalue weighted by Crippen LogP contribution is -2.17. The van der Waals surface area contributed by atoms with Crippen molar-refractivity contribution in [3.05, 3.63) is 47.0 Å². The number of halogens is 1. The largest absolute Gasteiger partial charge is 0.480 e. The highest BCUT2D eigenvalue weighted by molar-refractivity contribution is 5.38. The highest BCUT2D eigenvalue weighted by Gasteiger charge is 2.19. The molecule has 0 saturated carbocycles. The lowest BCUT2D eigenvalue weighted by atomic mass is 9.99. The van der Waals surface area contributed by atoms with Gasteiger partial charge in [-0.15, -0.1) is 0 Å². The predicted molar refractivity (Wildman–Crippen MR) is 72.3 cm³/mol. The molecule has 0 amide bonds. The molecule has 0 spiro atoms. The quantitative estimate of drug-likeness (QED) is 0.925. The first-order valence-electron chi connectivity index (χ1n) is 6.03. The molecule has 2 aromatic rings. The molecule has 5 nitrogen and oxygen atoms in total. The second kappa shape index (κ2) is 5.83. The van der Waals surface area contributed by atoms with Crippen molar-refractivity contribution in [3.8, 4) is 11.8 Å². The lowest BCUT2D eigenvalue weighted by Gasteiger charge is -2.16. The molecule has 1 heterocycles. The number of nitrogens with zero attached hydrogens (tertiary/aromatic N) is 2. The number of nitrogens with two attached hydrogens (primary N) is 1. The molecule has 20 heavy (non-hydrogen) atoms. The molecule has 0 aliphatic heterocycles. The lowest BCUT2D eigenvalue weighted by molar-refractivity contribution is 0.355. The van der Waals surface area contributed by atoms with E-state index >= 15 is 0 Å². The van der Waals surface area contributed by atoms with Crippen LogP contribution in [0.4, 0.5) is 4.39 Å². The van der Waals surface area contributed by atoms with Crippen LogP contribution in [-0.2, 0) is 0 Å². The van der Waals surface area contributed by atoms with Crippen LogP contribution in [0.3, 0.4) is 0 Å². The highest BCUT2D eigenvalue weighted by Crippen LogP contribution is 2.28. The molecule has 0 radical (unpaired) electrons. The fraction of sp³-hybridized carbons (Fsp3) is 0.286. The van der Waals surface area contributed by atoms with Crippen LogP contribution >= 0.6 is 0 Å². The zero-order valence-electron chi connectivity index (χ0n) is 11.6. The molecule has 1 atom stereocenters. The van der Waals surface area contributed by atoms with Crippen LogP contribution in [0, 0.1) is 12.7 Å². The van der Waals surface area contributed by atoms with Gasteiger partial charge in [-0.05, 0) is 30.2 Å². The Morgan fingerprint density at radius 3 is 2.60 bits per heavy atom. The van der Waals surface area contributed by atoms with Crippen LogP contribution in [0.5, 0.6) is 11.8 Å². The maximum atomic E-state index is 13.1. The van der Waals surface area contributed by atoms with Crippen molar-refractivity contribution in [3.63, 3.8) is 0 Å². The number of aryl methyl sites for hydroxylation is 1. The molecule has 1 aromatic heterocycles. The summed E-state index contributed by atoms with van der Waals surface area (Å²) in [7, 11) is 2.98. The van der Waals surface area contributed by atoms with Crippen molar-refractivity contribution < 1.29 is 13.9 Å². The SMILES string of the molecule is COc1cnc(C(N)c2ccc(F)cc2C)c(OC)n1. The van der Waals surface area contributed by atoms with Gasteiger partial charge in [0.15, 0.2) is 0 Å².